The predicted molar refractivity (Wildman–Crippen MR) is 113 cm³/mol. The molecule has 1 aliphatic heterocycles. The fourth-order valence-corrected chi connectivity index (χ4v) is 2.94. The van der Waals surface area contributed by atoms with Crippen LogP contribution >= 0.6 is 24.0 Å². The zero-order valence-corrected chi connectivity index (χ0v) is 17.3. The number of hydrogen-bond acceptors (Lipinski definition) is 2. The van der Waals surface area contributed by atoms with Crippen molar-refractivity contribution in [1.82, 2.24) is 15.5 Å². The molecule has 0 atom stereocenters. The minimum atomic E-state index is 0. The minimum Gasteiger partial charge on any atom is -0.357 e. The minimum absolute atomic E-state index is 0. The van der Waals surface area contributed by atoms with E-state index < -0.39 is 0 Å². The summed E-state index contributed by atoms with van der Waals surface area (Å²) in [4.78, 5) is 19.1. The van der Waals surface area contributed by atoms with E-state index in [1.54, 1.807) is 0 Å². The lowest BCUT2D eigenvalue weighted by atomic mass is 10.1. The fourth-order valence-electron chi connectivity index (χ4n) is 2.94. The average Bonchev–Trinajstić information content (AvgIpc) is 3.44. The Morgan fingerprint density at radius 2 is 1.84 bits per heavy atom. The van der Waals surface area contributed by atoms with Gasteiger partial charge < -0.3 is 15.5 Å². The van der Waals surface area contributed by atoms with Gasteiger partial charge in [0.1, 0.15) is 0 Å². The lowest BCUT2D eigenvalue weighted by molar-refractivity contribution is 0.0724. The Morgan fingerprint density at radius 3 is 2.44 bits per heavy atom. The van der Waals surface area contributed by atoms with Gasteiger partial charge in [0.15, 0.2) is 5.96 Å². The molecule has 2 fully saturated rings. The SMILES string of the molecule is CCNC(=NCc1ccc(C(=O)N2CCCCC2)cc1)NC1CC1.I. The molecule has 1 saturated carbocycles. The van der Waals surface area contributed by atoms with E-state index in [-0.39, 0.29) is 29.9 Å². The Kier molecular flexibility index (Phi) is 7.99. The molecular formula is C19H29IN4O. The highest BCUT2D eigenvalue weighted by atomic mass is 127. The maximum Gasteiger partial charge on any atom is 0.253 e. The summed E-state index contributed by atoms with van der Waals surface area (Å²) < 4.78 is 0. The lowest BCUT2D eigenvalue weighted by Gasteiger charge is -2.26. The van der Waals surface area contributed by atoms with Gasteiger partial charge in [-0.2, -0.15) is 0 Å². The lowest BCUT2D eigenvalue weighted by Crippen LogP contribution is -2.38. The van der Waals surface area contributed by atoms with Crippen LogP contribution < -0.4 is 10.6 Å². The third-order valence-corrected chi connectivity index (χ3v) is 4.53. The number of guanidine groups is 1. The molecule has 0 spiro atoms. The number of nitrogens with one attached hydrogen (secondary N) is 2. The number of benzene rings is 1. The molecule has 1 aromatic rings. The molecule has 1 heterocycles. The van der Waals surface area contributed by atoms with Gasteiger partial charge in [-0.3, -0.25) is 4.79 Å². The molecule has 0 radical (unpaired) electrons. The van der Waals surface area contributed by atoms with E-state index in [2.05, 4.69) is 22.5 Å². The van der Waals surface area contributed by atoms with Crippen LogP contribution in [0, 0.1) is 0 Å². The molecule has 0 unspecified atom stereocenters. The Bertz CT molecular complexity index is 578. The van der Waals surface area contributed by atoms with E-state index in [0.29, 0.717) is 12.6 Å². The molecule has 0 bridgehead atoms. The average molecular weight is 456 g/mol. The fraction of sp³-hybridized carbons (Fsp3) is 0.579. The summed E-state index contributed by atoms with van der Waals surface area (Å²) in [6, 6.07) is 8.49. The van der Waals surface area contributed by atoms with Gasteiger partial charge in [0.25, 0.3) is 5.91 Å². The number of carbonyl (C=O) groups excluding carboxylic acids is 1. The summed E-state index contributed by atoms with van der Waals surface area (Å²) in [6.45, 7) is 5.35. The van der Waals surface area contributed by atoms with Crippen LogP contribution in [0.1, 0.15) is 54.9 Å². The summed E-state index contributed by atoms with van der Waals surface area (Å²) in [6.07, 6.45) is 5.96. The van der Waals surface area contributed by atoms with E-state index in [1.807, 2.05) is 29.2 Å². The number of likely N-dealkylation sites (tertiary alicyclic amines) is 1. The number of hydrogen-bond donors (Lipinski definition) is 2. The molecule has 0 aromatic heterocycles. The number of aliphatic imine (C=N–C) groups is 1. The molecule has 6 heteroatoms. The highest BCUT2D eigenvalue weighted by Crippen LogP contribution is 2.18. The van der Waals surface area contributed by atoms with Gasteiger partial charge >= 0.3 is 0 Å². The van der Waals surface area contributed by atoms with Crippen molar-refractivity contribution in [2.45, 2.75) is 51.6 Å². The van der Waals surface area contributed by atoms with Crippen molar-refractivity contribution < 1.29 is 4.79 Å². The second-order valence-corrected chi connectivity index (χ2v) is 6.66. The molecule has 1 saturated heterocycles. The maximum atomic E-state index is 12.5. The van der Waals surface area contributed by atoms with Gasteiger partial charge in [0.05, 0.1) is 6.54 Å². The molecule has 1 amide bonds. The number of amides is 1. The second-order valence-electron chi connectivity index (χ2n) is 6.66. The van der Waals surface area contributed by atoms with E-state index in [0.717, 1.165) is 49.6 Å². The van der Waals surface area contributed by atoms with Crippen molar-refractivity contribution >= 4 is 35.8 Å². The van der Waals surface area contributed by atoms with Gasteiger partial charge in [0.2, 0.25) is 0 Å². The summed E-state index contributed by atoms with van der Waals surface area (Å²) in [5, 5.41) is 6.69. The summed E-state index contributed by atoms with van der Waals surface area (Å²) in [5.41, 5.74) is 1.91. The first-order valence-electron chi connectivity index (χ1n) is 9.19. The van der Waals surface area contributed by atoms with Gasteiger partial charge in [-0.05, 0) is 56.7 Å². The number of piperidine rings is 1. The van der Waals surface area contributed by atoms with Crippen molar-refractivity contribution in [3.63, 3.8) is 0 Å². The van der Waals surface area contributed by atoms with Crippen LogP contribution in [0.3, 0.4) is 0 Å². The van der Waals surface area contributed by atoms with E-state index >= 15 is 0 Å². The Morgan fingerprint density at radius 1 is 1.16 bits per heavy atom. The highest BCUT2D eigenvalue weighted by Gasteiger charge is 2.22. The Labute approximate surface area is 167 Å². The van der Waals surface area contributed by atoms with Gasteiger partial charge in [-0.25, -0.2) is 4.99 Å². The maximum absolute atomic E-state index is 12.5. The van der Waals surface area contributed by atoms with Gasteiger partial charge in [0, 0.05) is 31.2 Å². The molecule has 2 aliphatic rings. The van der Waals surface area contributed by atoms with Crippen LogP contribution in [-0.4, -0.2) is 42.4 Å². The molecule has 138 valence electrons. The number of rotatable bonds is 5. The zero-order valence-electron chi connectivity index (χ0n) is 15.0. The topological polar surface area (TPSA) is 56.7 Å². The smallest absolute Gasteiger partial charge is 0.253 e. The van der Waals surface area contributed by atoms with E-state index in [1.165, 1.54) is 19.3 Å². The normalized spacial score (nSPS) is 17.6. The van der Waals surface area contributed by atoms with Crippen LogP contribution in [0.5, 0.6) is 0 Å². The first kappa shape index (κ1) is 20.0. The molecule has 2 N–H and O–H groups in total. The molecule has 3 rings (SSSR count). The third kappa shape index (κ3) is 6.17. The summed E-state index contributed by atoms with van der Waals surface area (Å²) in [5.74, 6) is 1.04. The number of halogens is 1. The predicted octanol–water partition coefficient (Wildman–Crippen LogP) is 3.15. The zero-order chi connectivity index (χ0) is 16.8. The van der Waals surface area contributed by atoms with E-state index in [9.17, 15) is 4.79 Å². The van der Waals surface area contributed by atoms with Crippen LogP contribution in [0.25, 0.3) is 0 Å². The molecule has 1 aliphatic carbocycles. The largest absolute Gasteiger partial charge is 0.357 e. The highest BCUT2D eigenvalue weighted by molar-refractivity contribution is 14.0. The molecular weight excluding hydrogens is 427 g/mol. The quantitative estimate of drug-likeness (QED) is 0.407. The van der Waals surface area contributed by atoms with Crippen molar-refractivity contribution in [1.29, 1.82) is 0 Å². The Hall–Kier alpha value is -1.31. The first-order chi connectivity index (χ1) is 11.8. The van der Waals surface area contributed by atoms with Crippen molar-refractivity contribution in [2.24, 2.45) is 4.99 Å². The molecule has 25 heavy (non-hydrogen) atoms. The molecule has 5 nitrogen and oxygen atoms in total. The van der Waals surface area contributed by atoms with Crippen LogP contribution in [0.2, 0.25) is 0 Å². The van der Waals surface area contributed by atoms with E-state index in [4.69, 9.17) is 0 Å². The van der Waals surface area contributed by atoms with Crippen molar-refractivity contribution in [3.05, 3.63) is 35.4 Å². The second kappa shape index (κ2) is 9.99. The summed E-state index contributed by atoms with van der Waals surface area (Å²) in [7, 11) is 0. The monoisotopic (exact) mass is 456 g/mol. The van der Waals surface area contributed by atoms with Crippen LogP contribution in [0.15, 0.2) is 29.3 Å². The van der Waals surface area contributed by atoms with Gasteiger partial charge in [-0.15, -0.1) is 24.0 Å². The van der Waals surface area contributed by atoms with Crippen molar-refractivity contribution in [2.75, 3.05) is 19.6 Å². The van der Waals surface area contributed by atoms with Gasteiger partial charge in [-0.1, -0.05) is 12.1 Å². The molecule has 1 aromatic carbocycles. The van der Waals surface area contributed by atoms with Crippen LogP contribution in [-0.2, 0) is 6.54 Å². The third-order valence-electron chi connectivity index (χ3n) is 4.53. The Balaban J connectivity index is 0.00000225. The van der Waals surface area contributed by atoms with Crippen LogP contribution in [0.4, 0.5) is 0 Å². The standard InChI is InChI=1S/C19H28N4O.HI/c1-2-20-19(22-17-10-11-17)21-14-15-6-8-16(9-7-15)18(24)23-12-4-3-5-13-23;/h6-9,17H,2-5,10-14H2,1H3,(H2,20,21,22);1H. The summed E-state index contributed by atoms with van der Waals surface area (Å²) >= 11 is 0. The van der Waals surface area contributed by atoms with Crippen molar-refractivity contribution in [3.8, 4) is 0 Å². The number of nitrogens with zero attached hydrogens (tertiary/aromatic N) is 2. The number of carbonyl (C=O) groups is 1. The first-order valence-corrected chi connectivity index (χ1v) is 9.19.